The second kappa shape index (κ2) is 9.08. The summed E-state index contributed by atoms with van der Waals surface area (Å²) in [6.45, 7) is 5.95. The molecular weight excluding hydrogens is 296 g/mol. The van der Waals surface area contributed by atoms with Crippen LogP contribution in [-0.4, -0.2) is 30.5 Å². The topological polar surface area (TPSA) is 53.6 Å². The first-order valence-electron chi connectivity index (χ1n) is 8.42. The maximum absolute atomic E-state index is 5.95. The number of anilines is 1. The molecule has 4 heteroatoms. The molecule has 0 radical (unpaired) electrons. The van der Waals surface area contributed by atoms with Gasteiger partial charge in [0, 0.05) is 24.8 Å². The van der Waals surface area contributed by atoms with Crippen LogP contribution in [0.3, 0.4) is 0 Å². The monoisotopic (exact) mass is 324 g/mol. The van der Waals surface area contributed by atoms with Gasteiger partial charge in [-0.2, -0.15) is 0 Å². The van der Waals surface area contributed by atoms with E-state index in [0.717, 1.165) is 18.7 Å². The van der Waals surface area contributed by atoms with Crippen LogP contribution in [0.25, 0.3) is 0 Å². The minimum Gasteiger partial charge on any atom is -0.370 e. The van der Waals surface area contributed by atoms with Gasteiger partial charge in [0.25, 0.3) is 0 Å². The van der Waals surface area contributed by atoms with Crippen LogP contribution in [0.1, 0.15) is 24.5 Å². The van der Waals surface area contributed by atoms with Crippen molar-refractivity contribution in [1.82, 2.24) is 4.90 Å². The molecule has 0 spiro atoms. The molecule has 1 unspecified atom stereocenters. The Morgan fingerprint density at radius 2 is 1.79 bits per heavy atom. The summed E-state index contributed by atoms with van der Waals surface area (Å²) < 4.78 is 0. The molecule has 4 nitrogen and oxygen atoms in total. The molecule has 0 aliphatic heterocycles. The Bertz CT molecular complexity index is 634. The van der Waals surface area contributed by atoms with E-state index in [9.17, 15) is 0 Å². The fraction of sp³-hybridized carbons (Fsp3) is 0.350. The molecule has 0 aliphatic carbocycles. The molecule has 0 saturated heterocycles. The van der Waals surface area contributed by atoms with Crippen molar-refractivity contribution in [1.29, 1.82) is 0 Å². The molecule has 0 heterocycles. The van der Waals surface area contributed by atoms with Gasteiger partial charge in [0.2, 0.25) is 0 Å². The molecule has 2 aromatic rings. The van der Waals surface area contributed by atoms with Crippen LogP contribution in [-0.2, 0) is 6.54 Å². The molecule has 24 heavy (non-hydrogen) atoms. The van der Waals surface area contributed by atoms with Gasteiger partial charge < -0.3 is 11.1 Å². The third kappa shape index (κ3) is 6.05. The van der Waals surface area contributed by atoms with E-state index in [1.807, 2.05) is 18.2 Å². The molecule has 2 rings (SSSR count). The Hall–Kier alpha value is -2.33. The molecule has 0 aromatic heterocycles. The highest BCUT2D eigenvalue weighted by molar-refractivity contribution is 5.92. The molecule has 1 atom stereocenters. The van der Waals surface area contributed by atoms with Crippen molar-refractivity contribution in [2.24, 2.45) is 10.7 Å². The first kappa shape index (κ1) is 18.0. The van der Waals surface area contributed by atoms with Crippen LogP contribution < -0.4 is 11.1 Å². The van der Waals surface area contributed by atoms with Crippen LogP contribution in [0, 0.1) is 6.92 Å². The van der Waals surface area contributed by atoms with E-state index in [1.165, 1.54) is 11.1 Å². The van der Waals surface area contributed by atoms with Gasteiger partial charge in [0.1, 0.15) is 0 Å². The fourth-order valence-corrected chi connectivity index (χ4v) is 2.44. The Labute approximate surface area is 145 Å². The largest absolute Gasteiger partial charge is 0.370 e. The quantitative estimate of drug-likeness (QED) is 0.604. The number of hydrogen-bond donors (Lipinski definition) is 2. The lowest BCUT2D eigenvalue weighted by Crippen LogP contribution is -2.30. The fourth-order valence-electron chi connectivity index (χ4n) is 2.44. The molecule has 2 aromatic carbocycles. The summed E-state index contributed by atoms with van der Waals surface area (Å²) in [7, 11) is 2.15. The molecule has 0 saturated carbocycles. The third-order valence-electron chi connectivity index (χ3n) is 4.18. The Morgan fingerprint density at radius 3 is 2.46 bits per heavy atom. The number of nitrogens with two attached hydrogens (primary N) is 1. The van der Waals surface area contributed by atoms with Gasteiger partial charge in [0.15, 0.2) is 5.96 Å². The summed E-state index contributed by atoms with van der Waals surface area (Å²) in [6.07, 6.45) is 0.972. The van der Waals surface area contributed by atoms with Crippen molar-refractivity contribution in [3.05, 3.63) is 65.7 Å². The SMILES string of the molecule is Cc1ccc(NC(N)=NCCC(C)N(C)Cc2ccccc2)cc1. The van der Waals surface area contributed by atoms with Crippen molar-refractivity contribution >= 4 is 11.6 Å². The van der Waals surface area contributed by atoms with Gasteiger partial charge in [0.05, 0.1) is 0 Å². The summed E-state index contributed by atoms with van der Waals surface area (Å²) in [6, 6.07) is 19.1. The molecular formula is C20H28N4. The standard InChI is InChI=1S/C20H28N4/c1-16-9-11-19(12-10-16)23-20(21)22-14-13-17(2)24(3)15-18-7-5-4-6-8-18/h4-12,17H,13-15H2,1-3H3,(H3,21,22,23). The van der Waals surface area contributed by atoms with Gasteiger partial charge in [-0.15, -0.1) is 0 Å². The number of aliphatic imine (C=N–C) groups is 1. The minimum absolute atomic E-state index is 0.445. The lowest BCUT2D eigenvalue weighted by Gasteiger charge is -2.24. The number of nitrogens with zero attached hydrogens (tertiary/aromatic N) is 2. The van der Waals surface area contributed by atoms with E-state index in [0.29, 0.717) is 18.5 Å². The van der Waals surface area contributed by atoms with Crippen molar-refractivity contribution in [2.75, 3.05) is 18.9 Å². The van der Waals surface area contributed by atoms with Gasteiger partial charge in [-0.1, -0.05) is 48.0 Å². The smallest absolute Gasteiger partial charge is 0.193 e. The minimum atomic E-state index is 0.445. The van der Waals surface area contributed by atoms with E-state index in [1.54, 1.807) is 0 Å². The van der Waals surface area contributed by atoms with Gasteiger partial charge >= 0.3 is 0 Å². The second-order valence-corrected chi connectivity index (χ2v) is 6.30. The Kier molecular flexibility index (Phi) is 6.82. The number of rotatable bonds is 7. The van der Waals surface area contributed by atoms with E-state index >= 15 is 0 Å². The zero-order valence-corrected chi connectivity index (χ0v) is 14.9. The number of hydrogen-bond acceptors (Lipinski definition) is 2. The highest BCUT2D eigenvalue weighted by Gasteiger charge is 2.09. The summed E-state index contributed by atoms with van der Waals surface area (Å²) in [4.78, 5) is 6.77. The maximum Gasteiger partial charge on any atom is 0.193 e. The van der Waals surface area contributed by atoms with Crippen molar-refractivity contribution in [2.45, 2.75) is 32.9 Å². The number of guanidine groups is 1. The summed E-state index contributed by atoms with van der Waals surface area (Å²) in [5.41, 5.74) is 9.48. The molecule has 3 N–H and O–H groups in total. The number of aryl methyl sites for hydroxylation is 1. The number of nitrogens with one attached hydrogen (secondary N) is 1. The molecule has 0 bridgehead atoms. The molecule has 128 valence electrons. The highest BCUT2D eigenvalue weighted by Crippen LogP contribution is 2.09. The molecule has 0 fully saturated rings. The lowest BCUT2D eigenvalue weighted by molar-refractivity contribution is 0.240. The summed E-state index contributed by atoms with van der Waals surface area (Å²) in [5, 5.41) is 3.13. The highest BCUT2D eigenvalue weighted by atomic mass is 15.1. The van der Waals surface area contributed by atoms with Gasteiger partial charge in [-0.05, 0) is 45.0 Å². The van der Waals surface area contributed by atoms with Crippen LogP contribution in [0.4, 0.5) is 5.69 Å². The van der Waals surface area contributed by atoms with Crippen molar-refractivity contribution in [3.8, 4) is 0 Å². The number of benzene rings is 2. The van der Waals surface area contributed by atoms with E-state index < -0.39 is 0 Å². The maximum atomic E-state index is 5.95. The second-order valence-electron chi connectivity index (χ2n) is 6.30. The zero-order chi connectivity index (χ0) is 17.4. The normalized spacial score (nSPS) is 13.1. The first-order valence-corrected chi connectivity index (χ1v) is 8.42. The van der Waals surface area contributed by atoms with E-state index in [4.69, 9.17) is 5.73 Å². The average Bonchev–Trinajstić information content (AvgIpc) is 2.57. The van der Waals surface area contributed by atoms with Gasteiger partial charge in [-0.3, -0.25) is 9.89 Å². The zero-order valence-electron chi connectivity index (χ0n) is 14.9. The van der Waals surface area contributed by atoms with E-state index in [-0.39, 0.29) is 0 Å². The average molecular weight is 324 g/mol. The van der Waals surface area contributed by atoms with Crippen LogP contribution in [0.15, 0.2) is 59.6 Å². The van der Waals surface area contributed by atoms with Gasteiger partial charge in [-0.25, -0.2) is 0 Å². The predicted octanol–water partition coefficient (Wildman–Crippen LogP) is 3.63. The molecule has 0 amide bonds. The van der Waals surface area contributed by atoms with Crippen molar-refractivity contribution in [3.63, 3.8) is 0 Å². The summed E-state index contributed by atoms with van der Waals surface area (Å²) >= 11 is 0. The third-order valence-corrected chi connectivity index (χ3v) is 4.18. The lowest BCUT2D eigenvalue weighted by atomic mass is 10.1. The Balaban J connectivity index is 1.76. The Morgan fingerprint density at radius 1 is 1.12 bits per heavy atom. The van der Waals surface area contributed by atoms with E-state index in [2.05, 4.69) is 72.5 Å². The predicted molar refractivity (Wildman–Crippen MR) is 103 cm³/mol. The first-order chi connectivity index (χ1) is 11.5. The van der Waals surface area contributed by atoms with Crippen LogP contribution >= 0.6 is 0 Å². The van der Waals surface area contributed by atoms with Crippen LogP contribution in [0.2, 0.25) is 0 Å². The molecule has 0 aliphatic rings. The summed E-state index contributed by atoms with van der Waals surface area (Å²) in [5.74, 6) is 0.469. The van der Waals surface area contributed by atoms with Crippen LogP contribution in [0.5, 0.6) is 0 Å². The van der Waals surface area contributed by atoms with Crippen molar-refractivity contribution < 1.29 is 0 Å².